The Morgan fingerprint density at radius 2 is 1.36 bits per heavy atom. The molecule has 1 fully saturated rings. The van der Waals surface area contributed by atoms with Crippen LogP contribution in [0.4, 0.5) is 0 Å². The lowest BCUT2D eigenvalue weighted by Gasteiger charge is -2.54. The van der Waals surface area contributed by atoms with Crippen LogP contribution < -0.4 is 0 Å². The Bertz CT molecular complexity index is 552. The van der Waals surface area contributed by atoms with Crippen LogP contribution >= 0.6 is 0 Å². The van der Waals surface area contributed by atoms with Gasteiger partial charge in [-0.1, -0.05) is 74.5 Å². The lowest BCUT2D eigenvalue weighted by Crippen LogP contribution is -2.60. The third-order valence-electron chi connectivity index (χ3n) is 5.06. The average molecular weight is 295 g/mol. The van der Waals surface area contributed by atoms with Gasteiger partial charge < -0.3 is 5.11 Å². The van der Waals surface area contributed by atoms with Gasteiger partial charge in [0.25, 0.3) is 0 Å². The highest BCUT2D eigenvalue weighted by Crippen LogP contribution is 2.44. The number of hydrogen-bond acceptors (Lipinski definition) is 2. The fourth-order valence-electron chi connectivity index (χ4n) is 3.41. The fourth-order valence-corrected chi connectivity index (χ4v) is 3.41. The average Bonchev–Trinajstić information content (AvgIpc) is 2.54. The van der Waals surface area contributed by atoms with Crippen LogP contribution in [-0.2, 0) is 13.1 Å². The van der Waals surface area contributed by atoms with E-state index in [-0.39, 0.29) is 11.5 Å². The van der Waals surface area contributed by atoms with Crippen molar-refractivity contribution in [2.45, 2.75) is 45.5 Å². The van der Waals surface area contributed by atoms with Crippen LogP contribution in [0.5, 0.6) is 0 Å². The second-order valence-corrected chi connectivity index (χ2v) is 6.96. The van der Waals surface area contributed by atoms with Crippen molar-refractivity contribution >= 4 is 0 Å². The molecule has 116 valence electrons. The van der Waals surface area contributed by atoms with E-state index in [1.54, 1.807) is 0 Å². The van der Waals surface area contributed by atoms with Crippen molar-refractivity contribution in [2.24, 2.45) is 5.41 Å². The normalized spacial score (nSPS) is 23.3. The molecule has 0 saturated heterocycles. The summed E-state index contributed by atoms with van der Waals surface area (Å²) in [5.41, 5.74) is 2.62. The standard InChI is InChI=1S/C20H25NO/c1-20(2)18(13-19(20)22)21(14-16-9-5-3-6-10-16)15-17-11-7-4-8-12-17/h3-12,18-19,22H,13-15H2,1-2H3. The summed E-state index contributed by atoms with van der Waals surface area (Å²) in [5, 5.41) is 10.1. The molecule has 0 radical (unpaired) electrons. The molecule has 0 aliphatic heterocycles. The van der Waals surface area contributed by atoms with E-state index in [0.717, 1.165) is 19.5 Å². The van der Waals surface area contributed by atoms with Crippen molar-refractivity contribution in [3.8, 4) is 0 Å². The van der Waals surface area contributed by atoms with E-state index in [0.29, 0.717) is 6.04 Å². The second-order valence-electron chi connectivity index (χ2n) is 6.96. The Hall–Kier alpha value is -1.64. The minimum atomic E-state index is -0.188. The van der Waals surface area contributed by atoms with E-state index in [9.17, 15) is 5.11 Å². The Morgan fingerprint density at radius 3 is 1.73 bits per heavy atom. The fraction of sp³-hybridized carbons (Fsp3) is 0.400. The highest BCUT2D eigenvalue weighted by atomic mass is 16.3. The van der Waals surface area contributed by atoms with Gasteiger partial charge in [-0.15, -0.1) is 0 Å². The number of benzene rings is 2. The van der Waals surface area contributed by atoms with Crippen LogP contribution in [0.25, 0.3) is 0 Å². The maximum Gasteiger partial charge on any atom is 0.0621 e. The molecule has 1 saturated carbocycles. The molecule has 2 aromatic carbocycles. The maximum atomic E-state index is 10.1. The SMILES string of the molecule is CC1(C)C(O)CC1N(Cc1ccccc1)Cc1ccccc1. The lowest BCUT2D eigenvalue weighted by atomic mass is 9.63. The first kappa shape index (κ1) is 15.3. The van der Waals surface area contributed by atoms with Crippen molar-refractivity contribution in [3.63, 3.8) is 0 Å². The molecule has 2 heteroatoms. The molecule has 0 bridgehead atoms. The first-order valence-electron chi connectivity index (χ1n) is 8.07. The maximum absolute atomic E-state index is 10.1. The van der Waals surface area contributed by atoms with Crippen molar-refractivity contribution in [3.05, 3.63) is 71.8 Å². The van der Waals surface area contributed by atoms with Crippen LogP contribution in [-0.4, -0.2) is 22.2 Å². The molecule has 1 aliphatic carbocycles. The number of aliphatic hydroxyl groups is 1. The first-order chi connectivity index (χ1) is 10.6. The Kier molecular flexibility index (Phi) is 4.32. The summed E-state index contributed by atoms with van der Waals surface area (Å²) in [6.45, 7) is 6.21. The van der Waals surface area contributed by atoms with Crippen molar-refractivity contribution in [1.29, 1.82) is 0 Å². The van der Waals surface area contributed by atoms with E-state index in [1.165, 1.54) is 11.1 Å². The van der Waals surface area contributed by atoms with Gasteiger partial charge in [0.15, 0.2) is 0 Å². The lowest BCUT2D eigenvalue weighted by molar-refractivity contribution is -0.125. The van der Waals surface area contributed by atoms with E-state index < -0.39 is 0 Å². The van der Waals surface area contributed by atoms with Gasteiger partial charge in [-0.05, 0) is 17.5 Å². The highest BCUT2D eigenvalue weighted by Gasteiger charge is 2.49. The van der Waals surface area contributed by atoms with Crippen molar-refractivity contribution in [2.75, 3.05) is 0 Å². The predicted molar refractivity (Wildman–Crippen MR) is 90.3 cm³/mol. The molecule has 0 amide bonds. The second kappa shape index (κ2) is 6.23. The van der Waals surface area contributed by atoms with Crippen molar-refractivity contribution < 1.29 is 5.11 Å². The van der Waals surface area contributed by atoms with Gasteiger partial charge in [-0.25, -0.2) is 0 Å². The zero-order valence-electron chi connectivity index (χ0n) is 13.4. The number of hydrogen-bond donors (Lipinski definition) is 1. The van der Waals surface area contributed by atoms with Gasteiger partial charge in [-0.3, -0.25) is 4.90 Å². The Morgan fingerprint density at radius 1 is 0.909 bits per heavy atom. The van der Waals surface area contributed by atoms with Crippen molar-refractivity contribution in [1.82, 2.24) is 4.90 Å². The topological polar surface area (TPSA) is 23.5 Å². The Labute approximate surface area is 133 Å². The smallest absolute Gasteiger partial charge is 0.0621 e. The number of nitrogens with zero attached hydrogens (tertiary/aromatic N) is 1. The monoisotopic (exact) mass is 295 g/mol. The van der Waals surface area contributed by atoms with Gasteiger partial charge in [0.2, 0.25) is 0 Å². The van der Waals surface area contributed by atoms with E-state index >= 15 is 0 Å². The van der Waals surface area contributed by atoms with E-state index in [2.05, 4.69) is 79.4 Å². The molecule has 2 atom stereocenters. The van der Waals surface area contributed by atoms with Gasteiger partial charge >= 0.3 is 0 Å². The molecule has 1 N–H and O–H groups in total. The first-order valence-corrected chi connectivity index (χ1v) is 8.07. The zero-order valence-corrected chi connectivity index (χ0v) is 13.4. The van der Waals surface area contributed by atoms with Gasteiger partial charge in [-0.2, -0.15) is 0 Å². The molecular weight excluding hydrogens is 270 g/mol. The molecule has 1 aliphatic rings. The molecule has 3 rings (SSSR count). The largest absolute Gasteiger partial charge is 0.392 e. The predicted octanol–water partition coefficient (Wildman–Crippen LogP) is 3.85. The van der Waals surface area contributed by atoms with Gasteiger partial charge in [0, 0.05) is 24.5 Å². The minimum absolute atomic E-state index is 0.0381. The summed E-state index contributed by atoms with van der Waals surface area (Å²) in [6.07, 6.45) is 0.679. The summed E-state index contributed by atoms with van der Waals surface area (Å²) in [4.78, 5) is 2.51. The molecule has 0 aromatic heterocycles. The summed E-state index contributed by atoms with van der Waals surface area (Å²) >= 11 is 0. The summed E-state index contributed by atoms with van der Waals surface area (Å²) in [6, 6.07) is 21.6. The Balaban J connectivity index is 1.80. The molecule has 22 heavy (non-hydrogen) atoms. The van der Waals surface area contributed by atoms with Crippen LogP contribution in [0.1, 0.15) is 31.4 Å². The van der Waals surface area contributed by atoms with Crippen LogP contribution in [0, 0.1) is 5.41 Å². The third-order valence-corrected chi connectivity index (χ3v) is 5.06. The number of aliphatic hydroxyl groups excluding tert-OH is 1. The van der Waals surface area contributed by atoms with Crippen LogP contribution in [0.15, 0.2) is 60.7 Å². The molecule has 2 nitrogen and oxygen atoms in total. The quantitative estimate of drug-likeness (QED) is 0.905. The van der Waals surface area contributed by atoms with Gasteiger partial charge in [0.05, 0.1) is 6.10 Å². The number of rotatable bonds is 5. The van der Waals surface area contributed by atoms with Crippen LogP contribution in [0.3, 0.4) is 0 Å². The third kappa shape index (κ3) is 3.08. The molecule has 0 spiro atoms. The molecular formula is C20H25NO. The highest BCUT2D eigenvalue weighted by molar-refractivity contribution is 5.18. The zero-order chi connectivity index (χ0) is 15.6. The summed E-state index contributed by atoms with van der Waals surface area (Å²) in [7, 11) is 0. The van der Waals surface area contributed by atoms with E-state index in [4.69, 9.17) is 0 Å². The molecule has 2 unspecified atom stereocenters. The minimum Gasteiger partial charge on any atom is -0.392 e. The molecule has 0 heterocycles. The van der Waals surface area contributed by atoms with Gasteiger partial charge in [0.1, 0.15) is 0 Å². The van der Waals surface area contributed by atoms with Crippen LogP contribution in [0.2, 0.25) is 0 Å². The summed E-state index contributed by atoms with van der Waals surface area (Å²) < 4.78 is 0. The molecule has 2 aromatic rings. The summed E-state index contributed by atoms with van der Waals surface area (Å²) in [5.74, 6) is 0. The van der Waals surface area contributed by atoms with E-state index in [1.807, 2.05) is 0 Å².